The van der Waals surface area contributed by atoms with Crippen LogP contribution in [0.1, 0.15) is 23.6 Å². The number of nitrogens with one attached hydrogen (secondary N) is 2. The average molecular weight is 400 g/mol. The third-order valence-corrected chi connectivity index (χ3v) is 5.67. The molecule has 0 bridgehead atoms. The Bertz CT molecular complexity index is 1110. The molecule has 6 heteroatoms. The molecule has 2 aromatic carbocycles. The van der Waals surface area contributed by atoms with Gasteiger partial charge in [0.1, 0.15) is 5.82 Å². The maximum atomic E-state index is 13.6. The number of halogens is 1. The number of carbonyl (C=O) groups is 1. The summed E-state index contributed by atoms with van der Waals surface area (Å²) < 4.78 is 13.6. The summed E-state index contributed by atoms with van der Waals surface area (Å²) in [6.07, 6.45) is 4.57. The Morgan fingerprint density at radius 3 is 2.80 bits per heavy atom. The van der Waals surface area contributed by atoms with Crippen LogP contribution in [0, 0.1) is 5.82 Å². The van der Waals surface area contributed by atoms with Gasteiger partial charge in [-0.15, -0.1) is 0 Å². The highest BCUT2D eigenvalue weighted by atomic mass is 19.1. The zero-order valence-corrected chi connectivity index (χ0v) is 16.3. The second-order valence-electron chi connectivity index (χ2n) is 7.58. The normalized spacial score (nSPS) is 19.1. The fourth-order valence-corrected chi connectivity index (χ4v) is 4.08. The van der Waals surface area contributed by atoms with Gasteiger partial charge in [0.05, 0.1) is 5.57 Å². The van der Waals surface area contributed by atoms with E-state index in [0.29, 0.717) is 22.7 Å². The molecular formula is C24H21FN4O. The summed E-state index contributed by atoms with van der Waals surface area (Å²) in [5, 5.41) is 5.91. The Balaban J connectivity index is 1.27. The van der Waals surface area contributed by atoms with Gasteiger partial charge < -0.3 is 15.5 Å². The molecule has 1 amide bonds. The second-order valence-corrected chi connectivity index (χ2v) is 7.58. The van der Waals surface area contributed by atoms with Gasteiger partial charge in [0, 0.05) is 59.7 Å². The van der Waals surface area contributed by atoms with Crippen molar-refractivity contribution in [2.75, 3.05) is 28.6 Å². The van der Waals surface area contributed by atoms with E-state index < -0.39 is 0 Å². The van der Waals surface area contributed by atoms with Crippen LogP contribution in [0.15, 0.2) is 73.1 Å². The Morgan fingerprint density at radius 1 is 1.13 bits per heavy atom. The molecule has 1 aromatic heterocycles. The van der Waals surface area contributed by atoms with E-state index >= 15 is 0 Å². The minimum absolute atomic E-state index is 0.239. The number of hydrogen-bond acceptors (Lipinski definition) is 4. The molecular weight excluding hydrogens is 379 g/mol. The molecule has 0 aliphatic carbocycles. The van der Waals surface area contributed by atoms with E-state index in [1.54, 1.807) is 12.3 Å². The Morgan fingerprint density at radius 2 is 2.00 bits per heavy atom. The molecule has 0 saturated carbocycles. The molecule has 3 aromatic rings. The van der Waals surface area contributed by atoms with E-state index in [1.807, 2.05) is 30.5 Å². The lowest BCUT2D eigenvalue weighted by molar-refractivity contribution is -0.110. The molecule has 1 saturated heterocycles. The molecule has 1 unspecified atom stereocenters. The standard InChI is InChI=1S/C24H21FN4O/c25-17-4-9-23-20(13-17)21(24(30)28-23)14-27-18-5-7-19(8-6-18)29-12-10-16(15-29)22-3-1-2-11-26-22/h1-9,11,13-14,16,27H,10,12,15H2,(H,28,30)/b21-14-. The summed E-state index contributed by atoms with van der Waals surface area (Å²) in [4.78, 5) is 19.0. The van der Waals surface area contributed by atoms with Crippen molar-refractivity contribution in [3.05, 3.63) is 90.1 Å². The minimum atomic E-state index is -0.366. The van der Waals surface area contributed by atoms with E-state index in [-0.39, 0.29) is 11.7 Å². The van der Waals surface area contributed by atoms with E-state index in [9.17, 15) is 9.18 Å². The third kappa shape index (κ3) is 3.52. The highest BCUT2D eigenvalue weighted by Crippen LogP contribution is 2.33. The fourth-order valence-electron chi connectivity index (χ4n) is 4.08. The Hall–Kier alpha value is -3.67. The van der Waals surface area contributed by atoms with Crippen LogP contribution < -0.4 is 15.5 Å². The molecule has 2 aliphatic rings. The number of aromatic nitrogens is 1. The number of anilines is 3. The lowest BCUT2D eigenvalue weighted by Gasteiger charge is -2.19. The summed E-state index contributed by atoms with van der Waals surface area (Å²) in [6, 6.07) is 18.5. The van der Waals surface area contributed by atoms with Crippen molar-refractivity contribution < 1.29 is 9.18 Å². The molecule has 1 fully saturated rings. The van der Waals surface area contributed by atoms with Crippen molar-refractivity contribution >= 4 is 28.5 Å². The first-order valence-electron chi connectivity index (χ1n) is 10.0. The number of amides is 1. The maximum absolute atomic E-state index is 13.6. The number of hydrogen-bond donors (Lipinski definition) is 2. The van der Waals surface area contributed by atoms with Gasteiger partial charge >= 0.3 is 0 Å². The van der Waals surface area contributed by atoms with Crippen molar-refractivity contribution in [2.24, 2.45) is 0 Å². The van der Waals surface area contributed by atoms with E-state index in [2.05, 4.69) is 38.7 Å². The zero-order valence-electron chi connectivity index (χ0n) is 16.3. The van der Waals surface area contributed by atoms with Crippen LogP contribution >= 0.6 is 0 Å². The predicted octanol–water partition coefficient (Wildman–Crippen LogP) is 4.62. The van der Waals surface area contributed by atoms with Crippen LogP contribution in [0.25, 0.3) is 5.57 Å². The lowest BCUT2D eigenvalue weighted by atomic mass is 10.0. The molecule has 5 rings (SSSR count). The third-order valence-electron chi connectivity index (χ3n) is 5.67. The molecule has 2 aliphatic heterocycles. The predicted molar refractivity (Wildman–Crippen MR) is 117 cm³/mol. The number of fused-ring (bicyclic) bond motifs is 1. The molecule has 2 N–H and O–H groups in total. The first kappa shape index (κ1) is 18.4. The molecule has 3 heterocycles. The van der Waals surface area contributed by atoms with Gasteiger partial charge in [0.15, 0.2) is 0 Å². The van der Waals surface area contributed by atoms with Gasteiger partial charge in [-0.1, -0.05) is 6.07 Å². The summed E-state index contributed by atoms with van der Waals surface area (Å²) >= 11 is 0. The van der Waals surface area contributed by atoms with Crippen LogP contribution in [0.5, 0.6) is 0 Å². The topological polar surface area (TPSA) is 57.3 Å². The first-order valence-corrected chi connectivity index (χ1v) is 10.0. The zero-order chi connectivity index (χ0) is 20.5. The van der Waals surface area contributed by atoms with Crippen molar-refractivity contribution in [1.82, 2.24) is 4.98 Å². The molecule has 5 nitrogen and oxygen atoms in total. The van der Waals surface area contributed by atoms with Crippen LogP contribution in [-0.2, 0) is 4.79 Å². The highest BCUT2D eigenvalue weighted by molar-refractivity contribution is 6.31. The SMILES string of the molecule is O=C1Nc2ccc(F)cc2/C1=C/Nc1ccc(N2CCC(c3ccccn3)C2)cc1. The average Bonchev–Trinajstić information content (AvgIpc) is 3.38. The minimum Gasteiger partial charge on any atom is -0.371 e. The highest BCUT2D eigenvalue weighted by Gasteiger charge is 2.25. The van der Waals surface area contributed by atoms with Crippen LogP contribution in [0.4, 0.5) is 21.5 Å². The van der Waals surface area contributed by atoms with Gasteiger partial charge in [-0.2, -0.15) is 0 Å². The number of pyridine rings is 1. The number of rotatable bonds is 4. The van der Waals surface area contributed by atoms with Crippen LogP contribution in [0.3, 0.4) is 0 Å². The lowest BCUT2D eigenvalue weighted by Crippen LogP contribution is -2.19. The first-order chi connectivity index (χ1) is 14.7. The molecule has 1 atom stereocenters. The molecule has 0 radical (unpaired) electrons. The summed E-state index contributed by atoms with van der Waals surface area (Å²) in [5.74, 6) is -0.150. The number of benzene rings is 2. The quantitative estimate of drug-likeness (QED) is 0.628. The molecule has 30 heavy (non-hydrogen) atoms. The largest absolute Gasteiger partial charge is 0.371 e. The smallest absolute Gasteiger partial charge is 0.257 e. The Kier molecular flexibility index (Phi) is 4.67. The molecule has 150 valence electrons. The maximum Gasteiger partial charge on any atom is 0.257 e. The van der Waals surface area contributed by atoms with Gasteiger partial charge in [-0.25, -0.2) is 4.39 Å². The fraction of sp³-hybridized carbons (Fsp3) is 0.167. The molecule has 0 spiro atoms. The summed E-state index contributed by atoms with van der Waals surface area (Å²) in [7, 11) is 0. The van der Waals surface area contributed by atoms with Crippen LogP contribution in [-0.4, -0.2) is 24.0 Å². The monoisotopic (exact) mass is 400 g/mol. The van der Waals surface area contributed by atoms with E-state index in [4.69, 9.17) is 0 Å². The van der Waals surface area contributed by atoms with Gasteiger partial charge in [-0.3, -0.25) is 9.78 Å². The second kappa shape index (κ2) is 7.63. The van der Waals surface area contributed by atoms with Crippen molar-refractivity contribution in [3.63, 3.8) is 0 Å². The van der Waals surface area contributed by atoms with Gasteiger partial charge in [0.2, 0.25) is 0 Å². The van der Waals surface area contributed by atoms with Crippen LogP contribution in [0.2, 0.25) is 0 Å². The number of nitrogens with zero attached hydrogens (tertiary/aromatic N) is 2. The summed E-state index contributed by atoms with van der Waals surface area (Å²) in [5.41, 5.74) is 4.80. The van der Waals surface area contributed by atoms with Crippen molar-refractivity contribution in [3.8, 4) is 0 Å². The Labute approximate surface area is 174 Å². The summed E-state index contributed by atoms with van der Waals surface area (Å²) in [6.45, 7) is 1.96. The van der Waals surface area contributed by atoms with Gasteiger partial charge in [0.25, 0.3) is 5.91 Å². The van der Waals surface area contributed by atoms with E-state index in [0.717, 1.165) is 36.6 Å². The van der Waals surface area contributed by atoms with E-state index in [1.165, 1.54) is 12.1 Å². The number of carbonyl (C=O) groups excluding carboxylic acids is 1. The van der Waals surface area contributed by atoms with Gasteiger partial charge in [-0.05, 0) is 61.0 Å². The van der Waals surface area contributed by atoms with Crippen molar-refractivity contribution in [2.45, 2.75) is 12.3 Å². The van der Waals surface area contributed by atoms with Crippen molar-refractivity contribution in [1.29, 1.82) is 0 Å².